The first kappa shape index (κ1) is 16.2. The number of hydrogen-bond donors (Lipinski definition) is 1. The molecule has 0 unspecified atom stereocenters. The molecule has 0 heterocycles. The first-order valence-corrected chi connectivity index (χ1v) is 7.70. The van der Waals surface area contributed by atoms with Gasteiger partial charge in [-0.2, -0.15) is 0 Å². The molecule has 1 N–H and O–H groups in total. The molecule has 0 aliphatic heterocycles. The Balaban J connectivity index is 1.80. The van der Waals surface area contributed by atoms with Crippen LogP contribution in [0.4, 0.5) is 0 Å². The molecule has 3 heteroatoms. The van der Waals surface area contributed by atoms with Crippen LogP contribution in [0.2, 0.25) is 0 Å². The lowest BCUT2D eigenvalue weighted by atomic mass is 10.0. The number of benzene rings is 2. The molecule has 0 saturated carbocycles. The van der Waals surface area contributed by atoms with Gasteiger partial charge >= 0.3 is 5.97 Å². The number of unbranched alkanes of at least 4 members (excludes halogenated alkanes) is 2. The fourth-order valence-corrected chi connectivity index (χ4v) is 2.24. The second kappa shape index (κ2) is 9.00. The summed E-state index contributed by atoms with van der Waals surface area (Å²) < 4.78 is 5.19. The van der Waals surface area contributed by atoms with Gasteiger partial charge in [0.1, 0.15) is 0 Å². The lowest BCUT2D eigenvalue weighted by Crippen LogP contribution is -2.09. The normalized spacial score (nSPS) is 10.4. The zero-order chi connectivity index (χ0) is 15.6. The van der Waals surface area contributed by atoms with E-state index in [0.29, 0.717) is 13.0 Å². The van der Waals surface area contributed by atoms with Gasteiger partial charge in [-0.25, -0.2) is 0 Å². The van der Waals surface area contributed by atoms with Crippen molar-refractivity contribution in [3.8, 4) is 11.1 Å². The highest BCUT2D eigenvalue weighted by molar-refractivity contribution is 5.73. The number of esters is 1. The van der Waals surface area contributed by atoms with Gasteiger partial charge in [0.05, 0.1) is 13.0 Å². The fraction of sp³-hybridized carbons (Fsp3) is 0.316. The second-order valence-electron chi connectivity index (χ2n) is 5.24. The maximum atomic E-state index is 11.7. The van der Waals surface area contributed by atoms with Crippen molar-refractivity contribution in [2.24, 2.45) is 0 Å². The summed E-state index contributed by atoms with van der Waals surface area (Å²) in [5.41, 5.74) is 3.27. The molecule has 0 spiro atoms. The maximum absolute atomic E-state index is 11.7. The van der Waals surface area contributed by atoms with Gasteiger partial charge in [0.2, 0.25) is 0 Å². The first-order chi connectivity index (χ1) is 10.8. The van der Waals surface area contributed by atoms with Gasteiger partial charge in [-0.3, -0.25) is 4.79 Å². The summed E-state index contributed by atoms with van der Waals surface area (Å²) in [6, 6.07) is 18.1. The molecule has 3 nitrogen and oxygen atoms in total. The van der Waals surface area contributed by atoms with E-state index in [-0.39, 0.29) is 12.6 Å². The highest BCUT2D eigenvalue weighted by Gasteiger charge is 2.05. The molecule has 2 rings (SSSR count). The van der Waals surface area contributed by atoms with Crippen LogP contribution in [0.3, 0.4) is 0 Å². The molecule has 0 saturated heterocycles. The van der Waals surface area contributed by atoms with Gasteiger partial charge in [-0.1, -0.05) is 54.6 Å². The zero-order valence-corrected chi connectivity index (χ0v) is 12.7. The Morgan fingerprint density at radius 3 is 2.23 bits per heavy atom. The fourth-order valence-electron chi connectivity index (χ4n) is 2.24. The lowest BCUT2D eigenvalue weighted by Gasteiger charge is -2.06. The zero-order valence-electron chi connectivity index (χ0n) is 12.7. The van der Waals surface area contributed by atoms with Crippen LogP contribution >= 0.6 is 0 Å². The van der Waals surface area contributed by atoms with Crippen molar-refractivity contribution in [1.82, 2.24) is 0 Å². The van der Waals surface area contributed by atoms with E-state index in [4.69, 9.17) is 9.84 Å². The average molecular weight is 298 g/mol. The number of hydrogen-bond acceptors (Lipinski definition) is 3. The molecule has 0 fully saturated rings. The first-order valence-electron chi connectivity index (χ1n) is 7.70. The number of carbonyl (C=O) groups excluding carboxylic acids is 1. The van der Waals surface area contributed by atoms with Crippen LogP contribution in [0.5, 0.6) is 0 Å². The Kier molecular flexibility index (Phi) is 6.65. The van der Waals surface area contributed by atoms with Crippen LogP contribution in [-0.4, -0.2) is 24.3 Å². The molecular formula is C19H22O3. The molecule has 116 valence electrons. The Bertz CT molecular complexity index is 561. The van der Waals surface area contributed by atoms with E-state index in [9.17, 15) is 4.79 Å². The minimum atomic E-state index is -0.198. The lowest BCUT2D eigenvalue weighted by molar-refractivity contribution is -0.142. The summed E-state index contributed by atoms with van der Waals surface area (Å²) in [5, 5.41) is 8.67. The van der Waals surface area contributed by atoms with Gasteiger partial charge in [-0.05, 0) is 36.0 Å². The summed E-state index contributed by atoms with van der Waals surface area (Å²) in [6.07, 6.45) is 2.75. The average Bonchev–Trinajstić information content (AvgIpc) is 2.56. The molecule has 0 bridgehead atoms. The van der Waals surface area contributed by atoms with Crippen LogP contribution in [0, 0.1) is 0 Å². The molecule has 2 aromatic rings. The Morgan fingerprint density at radius 1 is 0.864 bits per heavy atom. The van der Waals surface area contributed by atoms with E-state index >= 15 is 0 Å². The minimum Gasteiger partial charge on any atom is -0.465 e. The summed E-state index contributed by atoms with van der Waals surface area (Å²) in [5.74, 6) is -0.198. The molecule has 0 amide bonds. The Hall–Kier alpha value is -2.13. The highest BCUT2D eigenvalue weighted by atomic mass is 16.5. The van der Waals surface area contributed by atoms with Gasteiger partial charge < -0.3 is 9.84 Å². The third kappa shape index (κ3) is 5.34. The van der Waals surface area contributed by atoms with Crippen molar-refractivity contribution in [3.05, 3.63) is 60.2 Å². The largest absolute Gasteiger partial charge is 0.465 e. The SMILES string of the molecule is O=C(Cc1ccc(-c2ccccc2)cc1)OCCCCCO. The molecule has 22 heavy (non-hydrogen) atoms. The predicted octanol–water partition coefficient (Wildman–Crippen LogP) is 3.60. The third-order valence-corrected chi connectivity index (χ3v) is 3.48. The van der Waals surface area contributed by atoms with Crippen molar-refractivity contribution in [2.45, 2.75) is 25.7 Å². The molecule has 0 aliphatic carbocycles. The Labute approximate surface area is 131 Å². The summed E-state index contributed by atoms with van der Waals surface area (Å²) in [7, 11) is 0. The molecule has 0 atom stereocenters. The predicted molar refractivity (Wildman–Crippen MR) is 87.5 cm³/mol. The number of carbonyl (C=O) groups is 1. The molecule has 0 radical (unpaired) electrons. The number of rotatable bonds is 8. The summed E-state index contributed by atoms with van der Waals surface area (Å²) >= 11 is 0. The van der Waals surface area contributed by atoms with E-state index in [0.717, 1.165) is 30.4 Å². The van der Waals surface area contributed by atoms with E-state index in [1.165, 1.54) is 5.56 Å². The van der Waals surface area contributed by atoms with Crippen LogP contribution in [-0.2, 0) is 16.0 Å². The topological polar surface area (TPSA) is 46.5 Å². The van der Waals surface area contributed by atoms with E-state index in [1.54, 1.807) is 0 Å². The number of aliphatic hydroxyl groups is 1. The van der Waals surface area contributed by atoms with Crippen molar-refractivity contribution in [2.75, 3.05) is 13.2 Å². The van der Waals surface area contributed by atoms with Crippen molar-refractivity contribution >= 4 is 5.97 Å². The van der Waals surface area contributed by atoms with Crippen molar-refractivity contribution < 1.29 is 14.6 Å². The van der Waals surface area contributed by atoms with Gasteiger partial charge in [0.25, 0.3) is 0 Å². The van der Waals surface area contributed by atoms with Gasteiger partial charge in [-0.15, -0.1) is 0 Å². The summed E-state index contributed by atoms with van der Waals surface area (Å²) in [4.78, 5) is 11.7. The van der Waals surface area contributed by atoms with E-state index in [1.807, 2.05) is 42.5 Å². The monoisotopic (exact) mass is 298 g/mol. The molecular weight excluding hydrogens is 276 g/mol. The van der Waals surface area contributed by atoms with Crippen molar-refractivity contribution in [3.63, 3.8) is 0 Å². The van der Waals surface area contributed by atoms with Crippen LogP contribution in [0.25, 0.3) is 11.1 Å². The van der Waals surface area contributed by atoms with Crippen LogP contribution in [0.15, 0.2) is 54.6 Å². The molecule has 0 aliphatic rings. The van der Waals surface area contributed by atoms with Gasteiger partial charge in [0, 0.05) is 6.61 Å². The van der Waals surface area contributed by atoms with E-state index in [2.05, 4.69) is 12.1 Å². The van der Waals surface area contributed by atoms with Crippen LogP contribution in [0.1, 0.15) is 24.8 Å². The number of ether oxygens (including phenoxy) is 1. The van der Waals surface area contributed by atoms with Crippen molar-refractivity contribution in [1.29, 1.82) is 0 Å². The second-order valence-corrected chi connectivity index (χ2v) is 5.24. The van der Waals surface area contributed by atoms with Crippen LogP contribution < -0.4 is 0 Å². The maximum Gasteiger partial charge on any atom is 0.310 e. The smallest absolute Gasteiger partial charge is 0.310 e. The van der Waals surface area contributed by atoms with E-state index < -0.39 is 0 Å². The van der Waals surface area contributed by atoms with Gasteiger partial charge in [0.15, 0.2) is 0 Å². The number of aliphatic hydroxyl groups excluding tert-OH is 1. The standard InChI is InChI=1S/C19H22O3/c20-13-5-2-6-14-22-19(21)15-16-9-11-18(12-10-16)17-7-3-1-4-8-17/h1,3-4,7-12,20H,2,5-6,13-15H2. The highest BCUT2D eigenvalue weighted by Crippen LogP contribution is 2.19. The third-order valence-electron chi connectivity index (χ3n) is 3.48. The summed E-state index contributed by atoms with van der Waals surface area (Å²) in [6.45, 7) is 0.628. The molecule has 0 aromatic heterocycles. The quantitative estimate of drug-likeness (QED) is 0.598. The molecule has 2 aromatic carbocycles. The minimum absolute atomic E-state index is 0.196. The Morgan fingerprint density at radius 2 is 1.55 bits per heavy atom.